The largest absolute Gasteiger partial charge is 0.483 e. The lowest BCUT2D eigenvalue weighted by Gasteiger charge is -2.38. The van der Waals surface area contributed by atoms with E-state index in [0.717, 1.165) is 28.0 Å². The van der Waals surface area contributed by atoms with Gasteiger partial charge in [-0.15, -0.1) is 0 Å². The molecule has 2 aliphatic rings. The Morgan fingerprint density at radius 3 is 2.67 bits per heavy atom. The third kappa shape index (κ3) is 2.88. The van der Waals surface area contributed by atoms with Crippen molar-refractivity contribution >= 4 is 16.7 Å². The minimum absolute atomic E-state index is 0.0393. The number of rotatable bonds is 3. The fraction of sp³-hybridized carbons (Fsp3) is 0.435. The molecule has 0 amide bonds. The van der Waals surface area contributed by atoms with Crippen molar-refractivity contribution in [2.24, 2.45) is 5.41 Å². The molecule has 5 rings (SSSR count). The van der Waals surface area contributed by atoms with Crippen molar-refractivity contribution in [2.45, 2.75) is 46.4 Å². The van der Waals surface area contributed by atoms with Gasteiger partial charge in [-0.3, -0.25) is 14.3 Å². The average molecular weight is 407 g/mol. The summed E-state index contributed by atoms with van der Waals surface area (Å²) in [4.78, 5) is 24.8. The van der Waals surface area contributed by atoms with Gasteiger partial charge in [0.1, 0.15) is 17.4 Å². The van der Waals surface area contributed by atoms with Crippen LogP contribution < -0.4 is 10.2 Å². The maximum absolute atomic E-state index is 12.7. The van der Waals surface area contributed by atoms with Crippen LogP contribution in [0.5, 0.6) is 5.75 Å². The Hall–Kier alpha value is -2.93. The van der Waals surface area contributed by atoms with Gasteiger partial charge in [0.25, 0.3) is 0 Å². The fourth-order valence-electron chi connectivity index (χ4n) is 4.29. The molecule has 0 N–H and O–H groups in total. The summed E-state index contributed by atoms with van der Waals surface area (Å²) < 4.78 is 15.4. The lowest BCUT2D eigenvalue weighted by molar-refractivity contribution is -0.0791. The minimum atomic E-state index is -0.261. The second-order valence-electron chi connectivity index (χ2n) is 9.24. The number of aromatic nitrogens is 3. The van der Waals surface area contributed by atoms with Gasteiger partial charge in [0.15, 0.2) is 11.2 Å². The van der Waals surface area contributed by atoms with Crippen LogP contribution in [-0.4, -0.2) is 39.4 Å². The summed E-state index contributed by atoms with van der Waals surface area (Å²) >= 11 is 0. The van der Waals surface area contributed by atoms with Crippen molar-refractivity contribution in [3.8, 4) is 17.1 Å². The molecule has 7 heteroatoms. The highest BCUT2D eigenvalue weighted by atomic mass is 16.6. The van der Waals surface area contributed by atoms with Crippen LogP contribution >= 0.6 is 0 Å². The molecule has 2 aliphatic heterocycles. The summed E-state index contributed by atoms with van der Waals surface area (Å²) in [7, 11) is 0. The Morgan fingerprint density at radius 1 is 1.27 bits per heavy atom. The first-order valence-corrected chi connectivity index (χ1v) is 10.3. The van der Waals surface area contributed by atoms with Crippen LogP contribution in [0.15, 0.2) is 35.3 Å². The average Bonchev–Trinajstić information content (AvgIpc) is 3.02. The second kappa shape index (κ2) is 6.54. The van der Waals surface area contributed by atoms with E-state index in [1.54, 1.807) is 12.3 Å². The number of fused-ring (bicyclic) bond motifs is 5. The number of ketones is 1. The molecule has 2 aromatic heterocycles. The van der Waals surface area contributed by atoms with Crippen LogP contribution in [-0.2, 0) is 11.3 Å². The normalized spacial score (nSPS) is 18.6. The summed E-state index contributed by atoms with van der Waals surface area (Å²) in [5.74, 6) is 0.509. The van der Waals surface area contributed by atoms with E-state index < -0.39 is 0 Å². The number of pyridine rings is 1. The first-order chi connectivity index (χ1) is 14.2. The summed E-state index contributed by atoms with van der Waals surface area (Å²) in [5, 5.41) is 5.82. The van der Waals surface area contributed by atoms with Gasteiger partial charge in [0, 0.05) is 17.6 Å². The molecule has 1 fully saturated rings. The van der Waals surface area contributed by atoms with Gasteiger partial charge < -0.3 is 14.0 Å². The van der Waals surface area contributed by atoms with E-state index in [1.165, 1.54) is 6.92 Å². The molecule has 0 aliphatic carbocycles. The molecule has 1 atom stereocenters. The smallest absolute Gasteiger partial charge is 0.193 e. The topological polar surface area (TPSA) is 75.3 Å². The van der Waals surface area contributed by atoms with E-state index in [-0.39, 0.29) is 34.3 Å². The molecule has 1 aromatic carbocycles. The highest BCUT2D eigenvalue weighted by Gasteiger charge is 2.35. The monoisotopic (exact) mass is 407 g/mol. The lowest BCUT2D eigenvalue weighted by atomic mass is 9.84. The van der Waals surface area contributed by atoms with Crippen LogP contribution in [0.2, 0.25) is 0 Å². The molecule has 0 bridgehead atoms. The van der Waals surface area contributed by atoms with Gasteiger partial charge in [-0.25, -0.2) is 0 Å². The molecule has 4 heterocycles. The van der Waals surface area contributed by atoms with Gasteiger partial charge in [0.2, 0.25) is 0 Å². The first kappa shape index (κ1) is 19.1. The molecule has 0 radical (unpaired) electrons. The van der Waals surface area contributed by atoms with Gasteiger partial charge >= 0.3 is 0 Å². The zero-order valence-electron chi connectivity index (χ0n) is 17.6. The number of Topliss-reactive ketones (excluding diaryl/α,β-unsaturated/α-hetero) is 1. The molecule has 0 saturated carbocycles. The van der Waals surface area contributed by atoms with E-state index in [1.807, 2.05) is 22.9 Å². The van der Waals surface area contributed by atoms with E-state index in [0.29, 0.717) is 19.8 Å². The Balaban J connectivity index is 1.75. The van der Waals surface area contributed by atoms with Crippen molar-refractivity contribution in [3.05, 3.63) is 46.2 Å². The first-order valence-electron chi connectivity index (χ1n) is 10.3. The predicted molar refractivity (Wildman–Crippen MR) is 113 cm³/mol. The van der Waals surface area contributed by atoms with Crippen LogP contribution in [0.4, 0.5) is 0 Å². The Kier molecular flexibility index (Phi) is 4.15. The van der Waals surface area contributed by atoms with Crippen molar-refractivity contribution in [3.63, 3.8) is 0 Å². The van der Waals surface area contributed by atoms with Crippen LogP contribution in [0.3, 0.4) is 0 Å². The highest BCUT2D eigenvalue weighted by Crippen LogP contribution is 2.43. The van der Waals surface area contributed by atoms with Crippen LogP contribution in [0.25, 0.3) is 22.3 Å². The predicted octanol–water partition coefficient (Wildman–Crippen LogP) is 3.45. The number of carbonyl (C=O) groups excluding carboxylic acids is 1. The van der Waals surface area contributed by atoms with Gasteiger partial charge in [-0.05, 0) is 18.4 Å². The summed E-state index contributed by atoms with van der Waals surface area (Å²) in [6.07, 6.45) is 1.77. The molecule has 3 aromatic rings. The van der Waals surface area contributed by atoms with Crippen molar-refractivity contribution in [1.29, 1.82) is 0 Å². The third-order valence-electron chi connectivity index (χ3n) is 6.02. The molecular formula is C23H25N3O4. The van der Waals surface area contributed by atoms with Crippen LogP contribution in [0, 0.1) is 5.41 Å². The maximum atomic E-state index is 12.7. The molecule has 1 saturated heterocycles. The van der Waals surface area contributed by atoms with E-state index in [2.05, 4.69) is 25.3 Å². The fourth-order valence-corrected chi connectivity index (χ4v) is 4.29. The molecule has 0 spiro atoms. The van der Waals surface area contributed by atoms with Crippen LogP contribution in [0.1, 0.15) is 44.1 Å². The number of ether oxygens (including phenoxy) is 2. The van der Waals surface area contributed by atoms with Gasteiger partial charge in [-0.1, -0.05) is 32.9 Å². The summed E-state index contributed by atoms with van der Waals surface area (Å²) in [5.41, 5.74) is 2.30. The number of nitrogens with zero attached hydrogens (tertiary/aromatic N) is 3. The number of hydrogen-bond acceptors (Lipinski definition) is 5. The Bertz CT molecular complexity index is 1230. The number of carbonyl (C=O) groups is 1. The maximum Gasteiger partial charge on any atom is 0.193 e. The molecule has 1 unspecified atom stereocenters. The number of hydrogen-bond donors (Lipinski definition) is 0. The van der Waals surface area contributed by atoms with E-state index in [4.69, 9.17) is 14.6 Å². The Labute approximate surface area is 174 Å². The SMILES string of the molecule is CC(=O)c1cn2c(cc1=O)-c1c3cccc(OC4COC4)c3nn1CC2C(C)(C)C. The quantitative estimate of drug-likeness (QED) is 0.622. The Morgan fingerprint density at radius 2 is 2.03 bits per heavy atom. The summed E-state index contributed by atoms with van der Waals surface area (Å²) in [6, 6.07) is 7.49. The van der Waals surface area contributed by atoms with Crippen molar-refractivity contribution in [1.82, 2.24) is 14.3 Å². The molecule has 7 nitrogen and oxygen atoms in total. The van der Waals surface area contributed by atoms with Gasteiger partial charge in [-0.2, -0.15) is 5.10 Å². The van der Waals surface area contributed by atoms with Crippen molar-refractivity contribution < 1.29 is 14.3 Å². The zero-order valence-corrected chi connectivity index (χ0v) is 17.6. The van der Waals surface area contributed by atoms with E-state index >= 15 is 0 Å². The lowest BCUT2D eigenvalue weighted by Crippen LogP contribution is -2.38. The third-order valence-corrected chi connectivity index (χ3v) is 6.02. The summed E-state index contributed by atoms with van der Waals surface area (Å²) in [6.45, 7) is 9.73. The second-order valence-corrected chi connectivity index (χ2v) is 9.24. The minimum Gasteiger partial charge on any atom is -0.483 e. The standard InChI is InChI=1S/C23H25N3O4/c1-13(27)16-9-25-17(8-18(16)28)22-15-6-5-7-19(30-14-11-29-12-14)21(15)24-26(22)10-20(25)23(2,3)4/h5-9,14,20H,10-12H2,1-4H3. The molecule has 30 heavy (non-hydrogen) atoms. The van der Waals surface area contributed by atoms with E-state index in [9.17, 15) is 9.59 Å². The molecule has 156 valence electrons. The number of benzene rings is 1. The zero-order chi connectivity index (χ0) is 21.2. The highest BCUT2D eigenvalue weighted by molar-refractivity contribution is 5.97. The van der Waals surface area contributed by atoms with Crippen molar-refractivity contribution in [2.75, 3.05) is 13.2 Å². The molecular weight excluding hydrogens is 382 g/mol. The van der Waals surface area contributed by atoms with Gasteiger partial charge in [0.05, 0.1) is 42.8 Å².